The van der Waals surface area contributed by atoms with Crippen molar-refractivity contribution in [2.75, 3.05) is 18.8 Å². The number of carbonyl (C=O) groups excluding carboxylic acids is 1. The molecular formula is C22H25N3O2S. The SMILES string of the molecule is CCN(CC)C(=O)CSc1nc2ccccc2c(=O)n1Cc1ccc(C)cc1. The van der Waals surface area contributed by atoms with E-state index in [0.717, 1.165) is 5.56 Å². The Morgan fingerprint density at radius 3 is 2.43 bits per heavy atom. The third-order valence-corrected chi connectivity index (χ3v) is 5.69. The number of fused-ring (bicyclic) bond motifs is 1. The van der Waals surface area contributed by atoms with Crippen LogP contribution >= 0.6 is 11.8 Å². The molecule has 0 radical (unpaired) electrons. The van der Waals surface area contributed by atoms with Crippen LogP contribution in [0.1, 0.15) is 25.0 Å². The fourth-order valence-corrected chi connectivity index (χ4v) is 3.97. The van der Waals surface area contributed by atoms with Crippen LogP contribution < -0.4 is 5.56 Å². The number of hydrogen-bond acceptors (Lipinski definition) is 4. The van der Waals surface area contributed by atoms with Gasteiger partial charge in [-0.25, -0.2) is 4.98 Å². The van der Waals surface area contributed by atoms with Gasteiger partial charge in [-0.15, -0.1) is 0 Å². The molecule has 146 valence electrons. The summed E-state index contributed by atoms with van der Waals surface area (Å²) in [6, 6.07) is 15.5. The van der Waals surface area contributed by atoms with Crippen molar-refractivity contribution in [2.24, 2.45) is 0 Å². The molecule has 0 aliphatic heterocycles. The lowest BCUT2D eigenvalue weighted by Crippen LogP contribution is -2.32. The van der Waals surface area contributed by atoms with Gasteiger partial charge in [0.25, 0.3) is 5.56 Å². The van der Waals surface area contributed by atoms with Gasteiger partial charge >= 0.3 is 0 Å². The van der Waals surface area contributed by atoms with Crippen LogP contribution in [0.4, 0.5) is 0 Å². The van der Waals surface area contributed by atoms with Gasteiger partial charge in [0.2, 0.25) is 5.91 Å². The first kappa shape index (κ1) is 20.1. The van der Waals surface area contributed by atoms with E-state index in [9.17, 15) is 9.59 Å². The highest BCUT2D eigenvalue weighted by Gasteiger charge is 2.15. The standard InChI is InChI=1S/C22H25N3O2S/c1-4-24(5-2)20(26)15-28-22-23-19-9-7-6-8-18(19)21(27)25(22)14-17-12-10-16(3)11-13-17/h6-13H,4-5,14-15H2,1-3H3. The summed E-state index contributed by atoms with van der Waals surface area (Å²) in [4.78, 5) is 32.0. The summed E-state index contributed by atoms with van der Waals surface area (Å²) in [7, 11) is 0. The molecular weight excluding hydrogens is 370 g/mol. The fraction of sp³-hybridized carbons (Fsp3) is 0.318. The Hall–Kier alpha value is -2.60. The van der Waals surface area contributed by atoms with Gasteiger partial charge < -0.3 is 4.90 Å². The van der Waals surface area contributed by atoms with E-state index < -0.39 is 0 Å². The van der Waals surface area contributed by atoms with Crippen LogP contribution in [0.5, 0.6) is 0 Å². The van der Waals surface area contributed by atoms with Gasteiger partial charge in [0.05, 0.1) is 23.2 Å². The van der Waals surface area contributed by atoms with Gasteiger partial charge in [-0.05, 0) is 38.5 Å². The average molecular weight is 396 g/mol. The van der Waals surface area contributed by atoms with Crippen LogP contribution in [0, 0.1) is 6.92 Å². The first-order valence-electron chi connectivity index (χ1n) is 9.49. The Bertz CT molecular complexity index is 1020. The number of rotatable bonds is 7. The van der Waals surface area contributed by atoms with Crippen molar-refractivity contribution in [3.8, 4) is 0 Å². The molecule has 5 nitrogen and oxygen atoms in total. The number of hydrogen-bond donors (Lipinski definition) is 0. The van der Waals surface area contributed by atoms with Crippen molar-refractivity contribution in [1.29, 1.82) is 0 Å². The molecule has 0 bridgehead atoms. The molecule has 0 fully saturated rings. The number of thioether (sulfide) groups is 1. The molecule has 6 heteroatoms. The average Bonchev–Trinajstić information content (AvgIpc) is 2.71. The summed E-state index contributed by atoms with van der Waals surface area (Å²) >= 11 is 1.33. The fourth-order valence-electron chi connectivity index (χ4n) is 3.07. The number of amides is 1. The minimum atomic E-state index is -0.0797. The molecule has 28 heavy (non-hydrogen) atoms. The summed E-state index contributed by atoms with van der Waals surface area (Å²) in [6.07, 6.45) is 0. The maximum absolute atomic E-state index is 13.1. The molecule has 0 atom stereocenters. The van der Waals surface area contributed by atoms with Crippen LogP contribution in [-0.2, 0) is 11.3 Å². The zero-order valence-electron chi connectivity index (χ0n) is 16.5. The number of nitrogens with zero attached hydrogens (tertiary/aromatic N) is 3. The maximum atomic E-state index is 13.1. The van der Waals surface area contributed by atoms with E-state index in [2.05, 4.69) is 4.98 Å². The number of carbonyl (C=O) groups is 1. The van der Waals surface area contributed by atoms with E-state index >= 15 is 0 Å². The van der Waals surface area contributed by atoms with Crippen molar-refractivity contribution in [3.63, 3.8) is 0 Å². The summed E-state index contributed by atoms with van der Waals surface area (Å²) in [5, 5.41) is 1.17. The molecule has 0 saturated heterocycles. The van der Waals surface area contributed by atoms with Gasteiger partial charge in [-0.1, -0.05) is 53.7 Å². The van der Waals surface area contributed by atoms with Crippen LogP contribution in [0.3, 0.4) is 0 Å². The normalized spacial score (nSPS) is 11.0. The molecule has 1 heterocycles. The molecule has 3 aromatic rings. The zero-order valence-corrected chi connectivity index (χ0v) is 17.3. The van der Waals surface area contributed by atoms with Crippen LogP contribution in [0.2, 0.25) is 0 Å². The Morgan fingerprint density at radius 1 is 1.07 bits per heavy atom. The maximum Gasteiger partial charge on any atom is 0.262 e. The molecule has 0 N–H and O–H groups in total. The molecule has 3 rings (SSSR count). The van der Waals surface area contributed by atoms with Gasteiger partial charge in [0, 0.05) is 13.1 Å². The van der Waals surface area contributed by atoms with Crippen LogP contribution in [0.25, 0.3) is 10.9 Å². The highest BCUT2D eigenvalue weighted by Crippen LogP contribution is 2.19. The van der Waals surface area contributed by atoms with Gasteiger partial charge in [-0.3, -0.25) is 14.2 Å². The second-order valence-corrected chi connectivity index (χ2v) is 7.59. The van der Waals surface area contributed by atoms with E-state index in [1.165, 1.54) is 17.3 Å². The van der Waals surface area contributed by atoms with Gasteiger partial charge in [-0.2, -0.15) is 0 Å². The number of benzene rings is 2. The lowest BCUT2D eigenvalue weighted by atomic mass is 10.1. The minimum Gasteiger partial charge on any atom is -0.343 e. The number of aromatic nitrogens is 2. The lowest BCUT2D eigenvalue weighted by Gasteiger charge is -2.19. The largest absolute Gasteiger partial charge is 0.343 e. The molecule has 0 aliphatic carbocycles. The quantitative estimate of drug-likeness (QED) is 0.452. The third-order valence-electron chi connectivity index (χ3n) is 4.73. The van der Waals surface area contributed by atoms with E-state index in [0.29, 0.717) is 35.7 Å². The Labute approximate surface area is 169 Å². The monoisotopic (exact) mass is 395 g/mol. The van der Waals surface area contributed by atoms with E-state index in [1.54, 1.807) is 15.5 Å². The predicted molar refractivity (Wildman–Crippen MR) is 115 cm³/mol. The predicted octanol–water partition coefficient (Wildman–Crippen LogP) is 3.71. The summed E-state index contributed by atoms with van der Waals surface area (Å²) in [5.41, 5.74) is 2.78. The van der Waals surface area contributed by atoms with E-state index in [-0.39, 0.29) is 17.2 Å². The van der Waals surface area contributed by atoms with E-state index in [1.807, 2.05) is 63.2 Å². The highest BCUT2D eigenvalue weighted by molar-refractivity contribution is 7.99. The van der Waals surface area contributed by atoms with Crippen LogP contribution in [-0.4, -0.2) is 39.2 Å². The van der Waals surface area contributed by atoms with E-state index in [4.69, 9.17) is 0 Å². The molecule has 0 aliphatic rings. The van der Waals surface area contributed by atoms with Crippen molar-refractivity contribution >= 4 is 28.6 Å². The van der Waals surface area contributed by atoms with Crippen molar-refractivity contribution < 1.29 is 4.79 Å². The summed E-state index contributed by atoms with van der Waals surface area (Å²) < 4.78 is 1.67. The summed E-state index contributed by atoms with van der Waals surface area (Å²) in [6.45, 7) is 7.75. The number of para-hydroxylation sites is 1. The first-order valence-corrected chi connectivity index (χ1v) is 10.5. The van der Waals surface area contributed by atoms with Crippen molar-refractivity contribution in [2.45, 2.75) is 32.5 Å². The second-order valence-electron chi connectivity index (χ2n) is 6.64. The molecule has 1 aromatic heterocycles. The molecule has 1 amide bonds. The molecule has 0 unspecified atom stereocenters. The topological polar surface area (TPSA) is 55.2 Å². The van der Waals surface area contributed by atoms with Gasteiger partial charge in [0.15, 0.2) is 5.16 Å². The second kappa shape index (κ2) is 9.06. The van der Waals surface area contributed by atoms with Gasteiger partial charge in [0.1, 0.15) is 0 Å². The Balaban J connectivity index is 1.98. The minimum absolute atomic E-state index is 0.0549. The zero-order chi connectivity index (χ0) is 20.1. The lowest BCUT2D eigenvalue weighted by molar-refractivity contribution is -0.127. The summed E-state index contributed by atoms with van der Waals surface area (Å²) in [5.74, 6) is 0.319. The molecule has 0 saturated carbocycles. The Morgan fingerprint density at radius 2 is 1.75 bits per heavy atom. The van der Waals surface area contributed by atoms with Crippen LogP contribution in [0.15, 0.2) is 58.5 Å². The molecule has 2 aromatic carbocycles. The smallest absolute Gasteiger partial charge is 0.262 e. The number of aryl methyl sites for hydroxylation is 1. The van der Waals surface area contributed by atoms with Crippen molar-refractivity contribution in [1.82, 2.24) is 14.5 Å². The Kier molecular flexibility index (Phi) is 6.52. The third kappa shape index (κ3) is 4.44. The first-order chi connectivity index (χ1) is 13.5. The molecule has 0 spiro atoms. The highest BCUT2D eigenvalue weighted by atomic mass is 32.2. The van der Waals surface area contributed by atoms with Crippen molar-refractivity contribution in [3.05, 3.63) is 70.0 Å².